The smallest absolute Gasteiger partial charge is 0.298 e. The van der Waals surface area contributed by atoms with Gasteiger partial charge in [-0.15, -0.1) is 11.3 Å². The lowest BCUT2D eigenvalue weighted by Crippen LogP contribution is -2.11. The van der Waals surface area contributed by atoms with Gasteiger partial charge in [0.1, 0.15) is 0 Å². The van der Waals surface area contributed by atoms with Crippen molar-refractivity contribution in [2.45, 2.75) is 12.4 Å². The van der Waals surface area contributed by atoms with E-state index in [0.29, 0.717) is 17.7 Å². The van der Waals surface area contributed by atoms with Crippen LogP contribution >= 0.6 is 11.3 Å². The van der Waals surface area contributed by atoms with Crippen molar-refractivity contribution in [3.63, 3.8) is 0 Å². The summed E-state index contributed by atoms with van der Waals surface area (Å²) in [7, 11) is 0. The summed E-state index contributed by atoms with van der Waals surface area (Å²) in [5, 5.41) is 3.79. The molecule has 2 aromatic carbocycles. The normalized spacial score (nSPS) is 12.1. The molecule has 146 valence electrons. The molecule has 0 aliphatic carbocycles. The van der Waals surface area contributed by atoms with Gasteiger partial charge in [0, 0.05) is 16.5 Å². The molecule has 3 aromatic rings. The molecule has 0 atom stereocenters. The minimum atomic E-state index is -4.95. The number of nitrogens with one attached hydrogen (secondary N) is 1. The van der Waals surface area contributed by atoms with Crippen LogP contribution in [0.4, 0.5) is 31.5 Å². The summed E-state index contributed by atoms with van der Waals surface area (Å²) in [6.07, 6.45) is -9.90. The minimum Gasteiger partial charge on any atom is -0.298 e. The third-order valence-electron chi connectivity index (χ3n) is 3.64. The Hall–Kier alpha value is -2.88. The molecule has 1 heterocycles. The zero-order valence-corrected chi connectivity index (χ0v) is 14.5. The highest BCUT2D eigenvalue weighted by Gasteiger charge is 2.37. The molecule has 10 heteroatoms. The SMILES string of the molecule is O=C(Nc1nc(-c2cc(C(F)(F)F)cc(C(F)(F)F)c2)cs1)c1ccccc1. The maximum atomic E-state index is 13.0. The molecule has 0 aliphatic rings. The van der Waals surface area contributed by atoms with E-state index in [4.69, 9.17) is 0 Å². The molecule has 1 amide bonds. The quantitative estimate of drug-likeness (QED) is 0.524. The Kier molecular flexibility index (Phi) is 5.16. The van der Waals surface area contributed by atoms with E-state index in [1.807, 2.05) is 0 Å². The Labute approximate surface area is 158 Å². The number of benzene rings is 2. The number of carbonyl (C=O) groups excluding carboxylic acids is 1. The van der Waals surface area contributed by atoms with Crippen molar-refractivity contribution in [2.75, 3.05) is 5.32 Å². The second kappa shape index (κ2) is 7.27. The van der Waals surface area contributed by atoms with Gasteiger partial charge in [0.2, 0.25) is 0 Å². The first kappa shape index (κ1) is 19.9. The predicted molar refractivity (Wildman–Crippen MR) is 91.9 cm³/mol. The van der Waals surface area contributed by atoms with Crippen LogP contribution in [0.5, 0.6) is 0 Å². The highest BCUT2D eigenvalue weighted by atomic mass is 32.1. The number of halogens is 6. The first-order chi connectivity index (χ1) is 13.0. The monoisotopic (exact) mass is 416 g/mol. The van der Waals surface area contributed by atoms with E-state index in [0.717, 1.165) is 11.3 Å². The van der Waals surface area contributed by atoms with Gasteiger partial charge in [-0.1, -0.05) is 18.2 Å². The van der Waals surface area contributed by atoms with Gasteiger partial charge in [0.15, 0.2) is 5.13 Å². The summed E-state index contributed by atoms with van der Waals surface area (Å²) in [4.78, 5) is 16.0. The zero-order chi connectivity index (χ0) is 20.5. The number of hydrogen-bond donors (Lipinski definition) is 1. The van der Waals surface area contributed by atoms with Crippen molar-refractivity contribution in [3.05, 3.63) is 70.6 Å². The van der Waals surface area contributed by atoms with Crippen LogP contribution in [0, 0.1) is 0 Å². The Bertz CT molecular complexity index is 963. The third-order valence-corrected chi connectivity index (χ3v) is 4.40. The Balaban J connectivity index is 1.93. The first-order valence-electron chi connectivity index (χ1n) is 7.66. The van der Waals surface area contributed by atoms with E-state index in [-0.39, 0.29) is 22.5 Å². The Morgan fingerprint density at radius 1 is 0.893 bits per heavy atom. The number of hydrogen-bond acceptors (Lipinski definition) is 3. The van der Waals surface area contributed by atoms with Crippen LogP contribution in [0.3, 0.4) is 0 Å². The number of rotatable bonds is 3. The largest absolute Gasteiger partial charge is 0.416 e. The number of anilines is 1. The summed E-state index contributed by atoms with van der Waals surface area (Å²) in [5.41, 5.74) is -2.98. The molecule has 0 saturated carbocycles. The van der Waals surface area contributed by atoms with Crippen molar-refractivity contribution in [3.8, 4) is 11.3 Å². The molecule has 1 N–H and O–H groups in total. The molecule has 3 nitrogen and oxygen atoms in total. The molecule has 0 spiro atoms. The van der Waals surface area contributed by atoms with Crippen LogP contribution in [0.2, 0.25) is 0 Å². The number of aromatic nitrogens is 1. The highest BCUT2D eigenvalue weighted by molar-refractivity contribution is 7.14. The maximum absolute atomic E-state index is 13.0. The number of alkyl halides is 6. The van der Waals surface area contributed by atoms with Crippen molar-refractivity contribution in [1.29, 1.82) is 0 Å². The first-order valence-corrected chi connectivity index (χ1v) is 8.54. The van der Waals surface area contributed by atoms with Crippen molar-refractivity contribution >= 4 is 22.4 Å². The fraction of sp³-hybridized carbons (Fsp3) is 0.111. The van der Waals surface area contributed by atoms with Crippen molar-refractivity contribution < 1.29 is 31.1 Å². The van der Waals surface area contributed by atoms with Crippen molar-refractivity contribution in [2.24, 2.45) is 0 Å². The summed E-state index contributed by atoms with van der Waals surface area (Å²) < 4.78 is 77.8. The molecule has 0 aliphatic heterocycles. The van der Waals surface area contributed by atoms with Gasteiger partial charge in [0.25, 0.3) is 5.91 Å². The van der Waals surface area contributed by atoms with Crippen LogP contribution < -0.4 is 5.32 Å². The second-order valence-corrected chi connectivity index (χ2v) is 6.51. The standard InChI is InChI=1S/C18H10F6N2OS/c19-17(20,21)12-6-11(7-13(8-12)18(22,23)24)14-9-28-16(25-14)26-15(27)10-4-2-1-3-5-10/h1-9H,(H,25,26,27). The van der Waals surface area contributed by atoms with Gasteiger partial charge in [0.05, 0.1) is 16.8 Å². The summed E-state index contributed by atoms with van der Waals surface area (Å²) >= 11 is 0.889. The van der Waals surface area contributed by atoms with Crippen LogP contribution in [0.15, 0.2) is 53.9 Å². The lowest BCUT2D eigenvalue weighted by Gasteiger charge is -2.13. The summed E-state index contributed by atoms with van der Waals surface area (Å²) in [5.74, 6) is -0.499. The number of amides is 1. The van der Waals surface area contributed by atoms with E-state index < -0.39 is 29.4 Å². The molecule has 0 bridgehead atoms. The van der Waals surface area contributed by atoms with Gasteiger partial charge in [-0.25, -0.2) is 4.98 Å². The molecule has 0 unspecified atom stereocenters. The van der Waals surface area contributed by atoms with E-state index in [2.05, 4.69) is 10.3 Å². The highest BCUT2D eigenvalue weighted by Crippen LogP contribution is 2.39. The zero-order valence-electron chi connectivity index (χ0n) is 13.7. The number of thiazole rings is 1. The van der Waals surface area contributed by atoms with Crippen LogP contribution in [-0.2, 0) is 12.4 Å². The summed E-state index contributed by atoms with van der Waals surface area (Å²) in [6.45, 7) is 0. The van der Waals surface area contributed by atoms with Crippen LogP contribution in [-0.4, -0.2) is 10.9 Å². The van der Waals surface area contributed by atoms with Gasteiger partial charge in [-0.05, 0) is 30.3 Å². The molecule has 28 heavy (non-hydrogen) atoms. The maximum Gasteiger partial charge on any atom is 0.416 e. The Morgan fingerprint density at radius 2 is 1.46 bits per heavy atom. The van der Waals surface area contributed by atoms with Gasteiger partial charge < -0.3 is 0 Å². The summed E-state index contributed by atoms with van der Waals surface area (Å²) in [6, 6.07) is 9.32. The predicted octanol–water partition coefficient (Wildman–Crippen LogP) is 6.10. The van der Waals surface area contributed by atoms with Crippen LogP contribution in [0.25, 0.3) is 11.3 Å². The van der Waals surface area contributed by atoms with Gasteiger partial charge >= 0.3 is 12.4 Å². The molecular formula is C18H10F6N2OS. The fourth-order valence-electron chi connectivity index (χ4n) is 2.33. The third kappa shape index (κ3) is 4.50. The van der Waals surface area contributed by atoms with E-state index in [1.54, 1.807) is 30.3 Å². The molecular weight excluding hydrogens is 406 g/mol. The minimum absolute atomic E-state index is 0.0496. The molecule has 3 rings (SSSR count). The lowest BCUT2D eigenvalue weighted by atomic mass is 10.0. The van der Waals surface area contributed by atoms with Gasteiger partial charge in [-0.2, -0.15) is 26.3 Å². The Morgan fingerprint density at radius 3 is 2.00 bits per heavy atom. The number of carbonyl (C=O) groups is 1. The van der Waals surface area contributed by atoms with Gasteiger partial charge in [-0.3, -0.25) is 10.1 Å². The number of nitrogens with zero attached hydrogens (tertiary/aromatic N) is 1. The average Bonchev–Trinajstić information content (AvgIpc) is 3.09. The molecule has 0 radical (unpaired) electrons. The average molecular weight is 416 g/mol. The van der Waals surface area contributed by atoms with Crippen LogP contribution in [0.1, 0.15) is 21.5 Å². The molecule has 0 fully saturated rings. The van der Waals surface area contributed by atoms with Crippen molar-refractivity contribution in [1.82, 2.24) is 4.98 Å². The van der Waals surface area contributed by atoms with E-state index in [9.17, 15) is 31.1 Å². The molecule has 1 aromatic heterocycles. The molecule has 0 saturated heterocycles. The fourth-order valence-corrected chi connectivity index (χ4v) is 3.04. The topological polar surface area (TPSA) is 42.0 Å². The second-order valence-electron chi connectivity index (χ2n) is 5.65. The van der Waals surface area contributed by atoms with E-state index >= 15 is 0 Å². The van der Waals surface area contributed by atoms with E-state index in [1.165, 1.54) is 5.38 Å². The lowest BCUT2D eigenvalue weighted by molar-refractivity contribution is -0.143.